The molecule has 0 bridgehead atoms. The van der Waals surface area contributed by atoms with E-state index in [0.717, 1.165) is 24.4 Å². The fraction of sp³-hybridized carbons (Fsp3) is 0.500. The number of benzene rings is 1. The van der Waals surface area contributed by atoms with Crippen LogP contribution in [0.15, 0.2) is 34.7 Å². The fourth-order valence-corrected chi connectivity index (χ4v) is 2.84. The zero-order chi connectivity index (χ0) is 13.1. The van der Waals surface area contributed by atoms with Gasteiger partial charge in [-0.3, -0.25) is 0 Å². The summed E-state index contributed by atoms with van der Waals surface area (Å²) in [7, 11) is 0. The minimum absolute atomic E-state index is 0.274. The molecular formula is C16H22N2O. The fourth-order valence-electron chi connectivity index (χ4n) is 2.84. The Morgan fingerprint density at radius 2 is 2.16 bits per heavy atom. The Hall–Kier alpha value is -1.32. The van der Waals surface area contributed by atoms with Crippen LogP contribution in [-0.2, 0) is 0 Å². The highest BCUT2D eigenvalue weighted by Crippen LogP contribution is 2.24. The van der Waals surface area contributed by atoms with Crippen LogP contribution in [0.1, 0.15) is 38.0 Å². The van der Waals surface area contributed by atoms with Crippen LogP contribution in [0.25, 0.3) is 11.0 Å². The molecule has 0 saturated carbocycles. The minimum Gasteiger partial charge on any atom is -0.459 e. The number of furan rings is 1. The molecule has 1 aromatic heterocycles. The Balaban J connectivity index is 1.70. The molecule has 0 amide bonds. The normalized spacial score (nSPS) is 22.3. The lowest BCUT2D eigenvalue weighted by Crippen LogP contribution is -2.32. The minimum atomic E-state index is 0.274. The Kier molecular flexibility index (Phi) is 3.85. The lowest BCUT2D eigenvalue weighted by molar-refractivity contribution is 0.379. The van der Waals surface area contributed by atoms with Crippen LogP contribution < -0.4 is 10.6 Å². The van der Waals surface area contributed by atoms with Crippen molar-refractivity contribution in [2.75, 3.05) is 13.1 Å². The molecule has 3 rings (SSSR count). The monoisotopic (exact) mass is 258 g/mol. The number of hydrogen-bond acceptors (Lipinski definition) is 3. The second kappa shape index (κ2) is 5.76. The van der Waals surface area contributed by atoms with Crippen molar-refractivity contribution in [1.82, 2.24) is 10.6 Å². The molecule has 2 unspecified atom stereocenters. The van der Waals surface area contributed by atoms with Gasteiger partial charge in [0.1, 0.15) is 11.3 Å². The summed E-state index contributed by atoms with van der Waals surface area (Å²) in [6.07, 6.45) is 3.70. The molecule has 1 aliphatic heterocycles. The Labute approximate surface area is 114 Å². The second-order valence-electron chi connectivity index (χ2n) is 5.45. The molecule has 0 aliphatic carbocycles. The van der Waals surface area contributed by atoms with Gasteiger partial charge in [0, 0.05) is 11.4 Å². The van der Waals surface area contributed by atoms with E-state index in [-0.39, 0.29) is 6.04 Å². The van der Waals surface area contributed by atoms with Crippen molar-refractivity contribution < 1.29 is 4.42 Å². The summed E-state index contributed by atoms with van der Waals surface area (Å²) in [6, 6.07) is 11.2. The van der Waals surface area contributed by atoms with E-state index in [2.05, 4.69) is 35.8 Å². The van der Waals surface area contributed by atoms with E-state index in [9.17, 15) is 0 Å². The molecular weight excluding hydrogens is 236 g/mol. The van der Waals surface area contributed by atoms with E-state index in [4.69, 9.17) is 4.42 Å². The van der Waals surface area contributed by atoms with Crippen LogP contribution in [0.5, 0.6) is 0 Å². The van der Waals surface area contributed by atoms with Crippen molar-refractivity contribution in [3.63, 3.8) is 0 Å². The summed E-state index contributed by atoms with van der Waals surface area (Å²) in [5.74, 6) is 1.04. The van der Waals surface area contributed by atoms with Gasteiger partial charge in [0.25, 0.3) is 0 Å². The molecule has 2 atom stereocenters. The third-order valence-electron chi connectivity index (χ3n) is 3.93. The van der Waals surface area contributed by atoms with Crippen LogP contribution >= 0.6 is 0 Å². The molecule has 3 heteroatoms. The molecule has 1 aliphatic rings. The van der Waals surface area contributed by atoms with E-state index < -0.39 is 0 Å². The predicted octanol–water partition coefficient (Wildman–Crippen LogP) is 3.23. The summed E-state index contributed by atoms with van der Waals surface area (Å²) < 4.78 is 5.92. The van der Waals surface area contributed by atoms with Crippen molar-refractivity contribution in [2.24, 2.45) is 0 Å². The summed E-state index contributed by atoms with van der Waals surface area (Å²) >= 11 is 0. The maximum absolute atomic E-state index is 5.92. The topological polar surface area (TPSA) is 37.2 Å². The maximum atomic E-state index is 5.92. The maximum Gasteiger partial charge on any atom is 0.134 e. The lowest BCUT2D eigenvalue weighted by atomic mass is 10.1. The van der Waals surface area contributed by atoms with E-state index in [1.807, 2.05) is 12.1 Å². The van der Waals surface area contributed by atoms with Crippen LogP contribution in [-0.4, -0.2) is 19.1 Å². The number of para-hydroxylation sites is 1. The molecule has 1 fully saturated rings. The highest BCUT2D eigenvalue weighted by Gasteiger charge is 2.17. The molecule has 19 heavy (non-hydrogen) atoms. The van der Waals surface area contributed by atoms with Gasteiger partial charge < -0.3 is 15.1 Å². The predicted molar refractivity (Wildman–Crippen MR) is 78.3 cm³/mol. The highest BCUT2D eigenvalue weighted by molar-refractivity contribution is 5.77. The second-order valence-corrected chi connectivity index (χ2v) is 5.45. The molecule has 0 spiro atoms. The summed E-state index contributed by atoms with van der Waals surface area (Å²) in [5.41, 5.74) is 0.980. The first-order valence-corrected chi connectivity index (χ1v) is 7.28. The van der Waals surface area contributed by atoms with E-state index in [1.165, 1.54) is 24.6 Å². The Morgan fingerprint density at radius 3 is 3.05 bits per heavy atom. The lowest BCUT2D eigenvalue weighted by Gasteiger charge is -2.20. The number of nitrogens with one attached hydrogen (secondary N) is 2. The van der Waals surface area contributed by atoms with Crippen molar-refractivity contribution >= 4 is 11.0 Å². The standard InChI is InChI=1S/C16H22N2O/c1-12(18-14-6-4-9-17-10-8-14)16-11-13-5-2-3-7-15(13)19-16/h2-3,5,7,11-12,14,17-18H,4,6,8-10H2,1H3. The van der Waals surface area contributed by atoms with Gasteiger partial charge >= 0.3 is 0 Å². The molecule has 0 radical (unpaired) electrons. The molecule has 2 aromatic rings. The van der Waals surface area contributed by atoms with E-state index in [0.29, 0.717) is 6.04 Å². The van der Waals surface area contributed by atoms with Crippen molar-refractivity contribution in [3.05, 3.63) is 36.1 Å². The van der Waals surface area contributed by atoms with E-state index in [1.54, 1.807) is 0 Å². The quantitative estimate of drug-likeness (QED) is 0.887. The van der Waals surface area contributed by atoms with Crippen LogP contribution in [0.2, 0.25) is 0 Å². The first-order chi connectivity index (χ1) is 9.33. The van der Waals surface area contributed by atoms with Crippen molar-refractivity contribution in [2.45, 2.75) is 38.3 Å². The van der Waals surface area contributed by atoms with Gasteiger partial charge in [0.2, 0.25) is 0 Å². The zero-order valence-electron chi connectivity index (χ0n) is 11.5. The third kappa shape index (κ3) is 2.99. The molecule has 1 aromatic carbocycles. The van der Waals surface area contributed by atoms with Crippen LogP contribution in [0.3, 0.4) is 0 Å². The largest absolute Gasteiger partial charge is 0.459 e. The van der Waals surface area contributed by atoms with Crippen LogP contribution in [0.4, 0.5) is 0 Å². The van der Waals surface area contributed by atoms with Crippen molar-refractivity contribution in [3.8, 4) is 0 Å². The number of fused-ring (bicyclic) bond motifs is 1. The summed E-state index contributed by atoms with van der Waals surface area (Å²) in [6.45, 7) is 4.46. The molecule has 2 N–H and O–H groups in total. The Morgan fingerprint density at radius 1 is 1.26 bits per heavy atom. The van der Waals surface area contributed by atoms with Crippen LogP contribution in [0, 0.1) is 0 Å². The molecule has 1 saturated heterocycles. The average Bonchev–Trinajstić information content (AvgIpc) is 2.70. The first-order valence-electron chi connectivity index (χ1n) is 7.28. The summed E-state index contributed by atoms with van der Waals surface area (Å²) in [4.78, 5) is 0. The molecule has 3 nitrogen and oxygen atoms in total. The third-order valence-corrected chi connectivity index (χ3v) is 3.93. The van der Waals surface area contributed by atoms with Gasteiger partial charge in [0.05, 0.1) is 6.04 Å². The number of rotatable bonds is 3. The van der Waals surface area contributed by atoms with Gasteiger partial charge in [-0.1, -0.05) is 18.2 Å². The Bertz CT molecular complexity index is 493. The van der Waals surface area contributed by atoms with E-state index >= 15 is 0 Å². The smallest absolute Gasteiger partial charge is 0.134 e. The summed E-state index contributed by atoms with van der Waals surface area (Å²) in [5, 5.41) is 8.34. The van der Waals surface area contributed by atoms with Gasteiger partial charge in [-0.15, -0.1) is 0 Å². The first kappa shape index (κ1) is 12.7. The molecule has 102 valence electrons. The molecule has 2 heterocycles. The van der Waals surface area contributed by atoms with Gasteiger partial charge in [-0.05, 0) is 51.4 Å². The highest BCUT2D eigenvalue weighted by atomic mass is 16.3. The van der Waals surface area contributed by atoms with Gasteiger partial charge in [0.15, 0.2) is 0 Å². The van der Waals surface area contributed by atoms with Gasteiger partial charge in [-0.25, -0.2) is 0 Å². The zero-order valence-corrected chi connectivity index (χ0v) is 11.5. The number of hydrogen-bond donors (Lipinski definition) is 2. The SMILES string of the molecule is CC(NC1CCCNCC1)c1cc2ccccc2o1. The van der Waals surface area contributed by atoms with Gasteiger partial charge in [-0.2, -0.15) is 0 Å². The average molecular weight is 258 g/mol. The van der Waals surface area contributed by atoms with Crippen molar-refractivity contribution in [1.29, 1.82) is 0 Å².